The molecule has 1 saturated carbocycles. The number of hydrogen-bond donors (Lipinski definition) is 1. The Balaban J connectivity index is 2.09. The Morgan fingerprint density at radius 1 is 1.35 bits per heavy atom. The van der Waals surface area contributed by atoms with Crippen LogP contribution in [0.15, 0.2) is 16.5 Å². The molecule has 0 amide bonds. The highest BCUT2D eigenvalue weighted by atomic mass is 16.5. The molecule has 0 unspecified atom stereocenters. The van der Waals surface area contributed by atoms with Gasteiger partial charge in [0.25, 0.3) is 0 Å². The first-order chi connectivity index (χ1) is 9.60. The van der Waals surface area contributed by atoms with E-state index >= 15 is 0 Å². The van der Waals surface area contributed by atoms with Gasteiger partial charge in [-0.2, -0.15) is 0 Å². The molecule has 20 heavy (non-hydrogen) atoms. The van der Waals surface area contributed by atoms with Gasteiger partial charge in [-0.25, -0.2) is 0 Å². The smallest absolute Gasteiger partial charge is 0.176 e. The zero-order chi connectivity index (χ0) is 14.3. The fourth-order valence-electron chi connectivity index (χ4n) is 2.81. The number of furan rings is 1. The summed E-state index contributed by atoms with van der Waals surface area (Å²) in [5.74, 6) is 2.34. The first kappa shape index (κ1) is 13.5. The van der Waals surface area contributed by atoms with Crippen molar-refractivity contribution in [2.75, 3.05) is 7.11 Å². The number of rotatable bonds is 5. The molecular weight excluding hydrogens is 250 g/mol. The van der Waals surface area contributed by atoms with Crippen LogP contribution in [0.5, 0.6) is 5.75 Å². The summed E-state index contributed by atoms with van der Waals surface area (Å²) in [5, 5.41) is 4.75. The summed E-state index contributed by atoms with van der Waals surface area (Å²) in [7, 11) is 1.70. The zero-order valence-electron chi connectivity index (χ0n) is 12.7. The standard InChI is InChI=1S/C17H23NO2/c1-10(2)16-13-7-11(3)8-14(19-4)17(13)20-15(16)9-18-12-5-6-12/h7-8,10,12,18H,5-6,9H2,1-4H3. The lowest BCUT2D eigenvalue weighted by molar-refractivity contribution is 0.405. The molecule has 0 aliphatic heterocycles. The summed E-state index contributed by atoms with van der Waals surface area (Å²) in [5.41, 5.74) is 3.41. The molecule has 1 fully saturated rings. The van der Waals surface area contributed by atoms with E-state index in [4.69, 9.17) is 9.15 Å². The van der Waals surface area contributed by atoms with Gasteiger partial charge in [-0.05, 0) is 43.4 Å². The van der Waals surface area contributed by atoms with Crippen LogP contribution >= 0.6 is 0 Å². The molecule has 1 aromatic carbocycles. The van der Waals surface area contributed by atoms with Crippen molar-refractivity contribution in [3.63, 3.8) is 0 Å². The van der Waals surface area contributed by atoms with Crippen molar-refractivity contribution in [1.29, 1.82) is 0 Å². The van der Waals surface area contributed by atoms with E-state index in [0.29, 0.717) is 12.0 Å². The number of hydrogen-bond acceptors (Lipinski definition) is 3. The Morgan fingerprint density at radius 2 is 2.10 bits per heavy atom. The average molecular weight is 273 g/mol. The van der Waals surface area contributed by atoms with Crippen molar-refractivity contribution < 1.29 is 9.15 Å². The summed E-state index contributed by atoms with van der Waals surface area (Å²) < 4.78 is 11.6. The van der Waals surface area contributed by atoms with Gasteiger partial charge >= 0.3 is 0 Å². The first-order valence-electron chi connectivity index (χ1n) is 7.43. The Hall–Kier alpha value is -1.48. The molecule has 2 aromatic rings. The first-order valence-corrected chi connectivity index (χ1v) is 7.43. The third-order valence-corrected chi connectivity index (χ3v) is 3.94. The number of aryl methyl sites for hydroxylation is 1. The minimum atomic E-state index is 0.443. The van der Waals surface area contributed by atoms with E-state index in [2.05, 4.69) is 32.2 Å². The molecule has 0 radical (unpaired) electrons. The van der Waals surface area contributed by atoms with E-state index < -0.39 is 0 Å². The molecule has 1 N–H and O–H groups in total. The third kappa shape index (κ3) is 2.42. The molecule has 1 aliphatic rings. The van der Waals surface area contributed by atoms with E-state index in [-0.39, 0.29) is 0 Å². The summed E-state index contributed by atoms with van der Waals surface area (Å²) >= 11 is 0. The highest BCUT2D eigenvalue weighted by Crippen LogP contribution is 2.38. The van der Waals surface area contributed by atoms with Gasteiger partial charge in [0, 0.05) is 17.0 Å². The van der Waals surface area contributed by atoms with Crippen molar-refractivity contribution in [2.24, 2.45) is 0 Å². The second kappa shape index (κ2) is 5.13. The van der Waals surface area contributed by atoms with Gasteiger partial charge in [0.1, 0.15) is 5.76 Å². The Morgan fingerprint density at radius 3 is 2.70 bits per heavy atom. The predicted molar refractivity (Wildman–Crippen MR) is 81.5 cm³/mol. The van der Waals surface area contributed by atoms with Gasteiger partial charge in [0.2, 0.25) is 0 Å². The van der Waals surface area contributed by atoms with Crippen molar-refractivity contribution in [1.82, 2.24) is 5.32 Å². The van der Waals surface area contributed by atoms with Gasteiger partial charge in [0.15, 0.2) is 11.3 Å². The summed E-state index contributed by atoms with van der Waals surface area (Å²) in [6, 6.07) is 4.93. The normalized spacial score (nSPS) is 15.2. The Bertz CT molecular complexity index is 623. The quantitative estimate of drug-likeness (QED) is 0.889. The maximum absolute atomic E-state index is 6.13. The molecule has 1 aliphatic carbocycles. The van der Waals surface area contributed by atoms with Gasteiger partial charge in [-0.3, -0.25) is 0 Å². The maximum atomic E-state index is 6.13. The number of ether oxygens (including phenoxy) is 1. The molecule has 0 bridgehead atoms. The molecule has 1 aromatic heterocycles. The van der Waals surface area contributed by atoms with E-state index in [1.54, 1.807) is 7.11 Å². The molecule has 1 heterocycles. The number of fused-ring (bicyclic) bond motifs is 1. The van der Waals surface area contributed by atoms with Gasteiger partial charge in [-0.1, -0.05) is 13.8 Å². The van der Waals surface area contributed by atoms with Crippen LogP contribution in [0.4, 0.5) is 0 Å². The van der Waals surface area contributed by atoms with Gasteiger partial charge in [0.05, 0.1) is 13.7 Å². The average Bonchev–Trinajstić information content (AvgIpc) is 3.15. The second-order valence-electron chi connectivity index (χ2n) is 6.09. The van der Waals surface area contributed by atoms with Crippen molar-refractivity contribution >= 4 is 11.0 Å². The molecule has 3 heteroatoms. The number of methoxy groups -OCH3 is 1. The second-order valence-corrected chi connectivity index (χ2v) is 6.09. The van der Waals surface area contributed by atoms with E-state index in [1.165, 1.54) is 29.4 Å². The molecule has 108 valence electrons. The zero-order valence-corrected chi connectivity index (χ0v) is 12.7. The molecule has 0 atom stereocenters. The van der Waals surface area contributed by atoms with Gasteiger partial charge < -0.3 is 14.5 Å². The van der Waals surface area contributed by atoms with E-state index in [1.807, 2.05) is 6.07 Å². The van der Waals surface area contributed by atoms with Crippen LogP contribution in [0.2, 0.25) is 0 Å². The summed E-state index contributed by atoms with van der Waals surface area (Å²) in [4.78, 5) is 0. The van der Waals surface area contributed by atoms with Gasteiger partial charge in [-0.15, -0.1) is 0 Å². The fourth-order valence-corrected chi connectivity index (χ4v) is 2.81. The van der Waals surface area contributed by atoms with Crippen molar-refractivity contribution in [2.45, 2.75) is 52.1 Å². The molecule has 0 saturated heterocycles. The molecule has 3 nitrogen and oxygen atoms in total. The minimum absolute atomic E-state index is 0.443. The lowest BCUT2D eigenvalue weighted by Crippen LogP contribution is -2.15. The topological polar surface area (TPSA) is 34.4 Å². The maximum Gasteiger partial charge on any atom is 0.176 e. The largest absolute Gasteiger partial charge is 0.493 e. The van der Waals surface area contributed by atoms with Crippen LogP contribution < -0.4 is 10.1 Å². The predicted octanol–water partition coefficient (Wildman–Crippen LogP) is 4.13. The van der Waals surface area contributed by atoms with E-state index in [0.717, 1.165) is 23.6 Å². The Labute approximate surface area is 120 Å². The van der Waals surface area contributed by atoms with Crippen LogP contribution in [-0.4, -0.2) is 13.2 Å². The minimum Gasteiger partial charge on any atom is -0.493 e. The van der Waals surface area contributed by atoms with Crippen molar-refractivity contribution in [3.8, 4) is 5.75 Å². The fraction of sp³-hybridized carbons (Fsp3) is 0.529. The van der Waals surface area contributed by atoms with Crippen LogP contribution in [0.1, 0.15) is 49.5 Å². The molecular formula is C17H23NO2. The SMILES string of the molecule is COc1cc(C)cc2c(C(C)C)c(CNC3CC3)oc12. The van der Waals surface area contributed by atoms with Crippen LogP contribution in [0, 0.1) is 6.92 Å². The van der Waals surface area contributed by atoms with E-state index in [9.17, 15) is 0 Å². The number of nitrogens with one attached hydrogen (secondary N) is 1. The van der Waals surface area contributed by atoms with Crippen LogP contribution in [0.25, 0.3) is 11.0 Å². The third-order valence-electron chi connectivity index (χ3n) is 3.94. The highest BCUT2D eigenvalue weighted by molar-refractivity contribution is 5.88. The summed E-state index contributed by atoms with van der Waals surface area (Å²) in [6.45, 7) is 7.36. The lowest BCUT2D eigenvalue weighted by atomic mass is 9.98. The van der Waals surface area contributed by atoms with Crippen LogP contribution in [0.3, 0.4) is 0 Å². The lowest BCUT2D eigenvalue weighted by Gasteiger charge is -2.07. The monoisotopic (exact) mass is 273 g/mol. The highest BCUT2D eigenvalue weighted by Gasteiger charge is 2.24. The summed E-state index contributed by atoms with van der Waals surface area (Å²) in [6.07, 6.45) is 2.58. The Kier molecular flexibility index (Phi) is 3.47. The molecule has 0 spiro atoms. The van der Waals surface area contributed by atoms with Crippen molar-refractivity contribution in [3.05, 3.63) is 29.0 Å². The molecule has 3 rings (SSSR count). The van der Waals surface area contributed by atoms with Crippen LogP contribution in [-0.2, 0) is 6.54 Å². The number of benzene rings is 1.